The van der Waals surface area contributed by atoms with E-state index in [1.807, 2.05) is 41.5 Å². The highest BCUT2D eigenvalue weighted by molar-refractivity contribution is 7.91. The molecule has 0 spiro atoms. The van der Waals surface area contributed by atoms with Crippen LogP contribution in [0.15, 0.2) is 21.7 Å². The van der Waals surface area contributed by atoms with Crippen LogP contribution in [0.1, 0.15) is 81.6 Å². The zero-order chi connectivity index (χ0) is 36.1. The van der Waals surface area contributed by atoms with Crippen molar-refractivity contribution in [1.29, 1.82) is 0 Å². The molecule has 5 amide bonds. The maximum Gasteiger partial charge on any atom is 0.315 e. The first kappa shape index (κ1) is 40.1. The second kappa shape index (κ2) is 15.9. The van der Waals surface area contributed by atoms with Gasteiger partial charge in [0.05, 0.1) is 6.04 Å². The molecule has 1 aliphatic rings. The van der Waals surface area contributed by atoms with Gasteiger partial charge in [-0.3, -0.25) is 19.2 Å². The lowest BCUT2D eigenvalue weighted by Gasteiger charge is -2.38. The number of Topliss-reactive ketones (excluding diaryl/α,β-unsaturated/α-hetero) is 1. The number of likely N-dealkylation sites (N-methyl/N-ethyl adjacent to an activating group) is 1. The summed E-state index contributed by atoms with van der Waals surface area (Å²) >= 11 is 1.11. The molecule has 1 saturated heterocycles. The van der Waals surface area contributed by atoms with Crippen LogP contribution in [0.5, 0.6) is 0 Å². The monoisotopic (exact) mass is 698 g/mol. The molecule has 13 nitrogen and oxygen atoms in total. The smallest absolute Gasteiger partial charge is 0.315 e. The molecular formula is C32H54N6O7S2. The van der Waals surface area contributed by atoms with Gasteiger partial charge in [0.15, 0.2) is 0 Å². The Kier molecular flexibility index (Phi) is 13.6. The average Bonchev–Trinajstić information content (AvgIpc) is 3.65. The summed E-state index contributed by atoms with van der Waals surface area (Å²) in [5.74, 6) is -3.28. The predicted molar refractivity (Wildman–Crippen MR) is 182 cm³/mol. The fourth-order valence-corrected chi connectivity index (χ4v) is 8.07. The van der Waals surface area contributed by atoms with Gasteiger partial charge in [-0.2, -0.15) is 4.31 Å². The second-order valence-electron chi connectivity index (χ2n) is 14.8. The van der Waals surface area contributed by atoms with Gasteiger partial charge in [-0.05, 0) is 47.0 Å². The molecule has 0 radical (unpaired) electrons. The van der Waals surface area contributed by atoms with E-state index in [0.29, 0.717) is 12.8 Å². The fraction of sp³-hybridized carbons (Fsp3) is 0.719. The van der Waals surface area contributed by atoms with Crippen LogP contribution in [0, 0.1) is 22.7 Å². The van der Waals surface area contributed by atoms with E-state index in [1.54, 1.807) is 32.2 Å². The van der Waals surface area contributed by atoms with E-state index in [4.69, 9.17) is 5.73 Å². The molecule has 0 aliphatic carbocycles. The van der Waals surface area contributed by atoms with Gasteiger partial charge in [0.25, 0.3) is 15.9 Å². The number of hydrogen-bond donors (Lipinski definition) is 4. The third-order valence-electron chi connectivity index (χ3n) is 8.64. The first-order valence-electron chi connectivity index (χ1n) is 16.0. The molecule has 5 atom stereocenters. The number of primary amides is 1. The number of nitrogens with two attached hydrogens (primary N) is 1. The van der Waals surface area contributed by atoms with E-state index < -0.39 is 74.6 Å². The van der Waals surface area contributed by atoms with Crippen molar-refractivity contribution < 1.29 is 32.4 Å². The van der Waals surface area contributed by atoms with E-state index in [0.717, 1.165) is 11.3 Å². The second-order valence-corrected chi connectivity index (χ2v) is 18.0. The van der Waals surface area contributed by atoms with E-state index in [-0.39, 0.29) is 35.6 Å². The van der Waals surface area contributed by atoms with Crippen LogP contribution >= 0.6 is 11.3 Å². The van der Waals surface area contributed by atoms with Crippen molar-refractivity contribution in [3.8, 4) is 0 Å². The highest BCUT2D eigenvalue weighted by atomic mass is 32.2. The van der Waals surface area contributed by atoms with Crippen LogP contribution < -0.4 is 21.7 Å². The van der Waals surface area contributed by atoms with Crippen LogP contribution in [-0.4, -0.2) is 91.5 Å². The van der Waals surface area contributed by atoms with Crippen molar-refractivity contribution in [3.63, 3.8) is 0 Å². The molecule has 1 aliphatic heterocycles. The lowest BCUT2D eigenvalue weighted by Crippen LogP contribution is -2.62. The molecule has 15 heteroatoms. The van der Waals surface area contributed by atoms with Gasteiger partial charge in [-0.15, -0.1) is 11.3 Å². The molecule has 47 heavy (non-hydrogen) atoms. The number of carbonyl (C=O) groups excluding carboxylic acids is 5. The minimum absolute atomic E-state index is 0.0133. The Bertz CT molecular complexity index is 1380. The molecule has 0 bridgehead atoms. The molecule has 1 unspecified atom stereocenters. The van der Waals surface area contributed by atoms with Crippen LogP contribution in [0.3, 0.4) is 0 Å². The summed E-state index contributed by atoms with van der Waals surface area (Å²) in [4.78, 5) is 67.1. The molecule has 5 N–H and O–H groups in total. The Morgan fingerprint density at radius 3 is 2.13 bits per heavy atom. The number of nitrogens with one attached hydrogen (secondary N) is 3. The number of thiophene rings is 1. The first-order chi connectivity index (χ1) is 21.5. The lowest BCUT2D eigenvalue weighted by atomic mass is 9.84. The first-order valence-corrected chi connectivity index (χ1v) is 18.4. The summed E-state index contributed by atoms with van der Waals surface area (Å²) in [6.45, 7) is 17.0. The summed E-state index contributed by atoms with van der Waals surface area (Å²) in [6.07, 6.45) is 1.26. The number of ketones is 1. The standard InChI is InChI=1S/C32H54N6O7S2/c1-11-13-21(25(39)27(33)40)34-28(41)24-20(19(2)3)15-16-38(24)29(42)26(32(7,8)9)36-30(43)35-22(31(4,5)6)18-37(10)47(44,45)23-14-12-17-46-23/h12,14,17,19-22,24,26H,11,13,15-16,18H2,1-10H3,(H2,33,40)(H,34,41)(H2,35,36,43)/t20-,21?,22-,24+,26-/m1/s1. The molecular weight excluding hydrogens is 645 g/mol. The molecule has 0 aromatic carbocycles. The number of amides is 5. The Hall–Kier alpha value is -3.04. The van der Waals surface area contributed by atoms with Gasteiger partial charge < -0.3 is 26.6 Å². The Morgan fingerprint density at radius 1 is 1.04 bits per heavy atom. The number of hydrogen-bond acceptors (Lipinski definition) is 8. The van der Waals surface area contributed by atoms with Crippen molar-refractivity contribution in [2.75, 3.05) is 20.1 Å². The lowest BCUT2D eigenvalue weighted by molar-refractivity contribution is -0.144. The quantitative estimate of drug-likeness (QED) is 0.215. The van der Waals surface area contributed by atoms with E-state index in [2.05, 4.69) is 16.0 Å². The predicted octanol–water partition coefficient (Wildman–Crippen LogP) is 2.71. The van der Waals surface area contributed by atoms with Gasteiger partial charge in [-0.25, -0.2) is 13.2 Å². The van der Waals surface area contributed by atoms with Gasteiger partial charge in [0.1, 0.15) is 16.3 Å². The molecule has 266 valence electrons. The fourth-order valence-electron chi connectivity index (χ4n) is 5.68. The van der Waals surface area contributed by atoms with Crippen LogP contribution in [0.25, 0.3) is 0 Å². The van der Waals surface area contributed by atoms with Crippen LogP contribution in [0.2, 0.25) is 0 Å². The van der Waals surface area contributed by atoms with Crippen LogP contribution in [-0.2, 0) is 29.2 Å². The third kappa shape index (κ3) is 10.2. The maximum atomic E-state index is 14.3. The summed E-state index contributed by atoms with van der Waals surface area (Å²) in [5.41, 5.74) is 3.89. The molecule has 1 aromatic heterocycles. The molecule has 0 saturated carbocycles. The van der Waals surface area contributed by atoms with Gasteiger partial charge in [0, 0.05) is 26.2 Å². The number of carbonyl (C=O) groups is 5. The number of urea groups is 1. The van der Waals surface area contributed by atoms with Crippen molar-refractivity contribution in [1.82, 2.24) is 25.2 Å². The number of nitrogens with zero attached hydrogens (tertiary/aromatic N) is 2. The minimum atomic E-state index is -3.77. The Morgan fingerprint density at radius 2 is 1.66 bits per heavy atom. The van der Waals surface area contributed by atoms with Gasteiger partial charge in [-0.1, -0.05) is 74.8 Å². The van der Waals surface area contributed by atoms with E-state index >= 15 is 0 Å². The topological polar surface area (TPSA) is 188 Å². The van der Waals surface area contributed by atoms with Crippen molar-refractivity contribution >= 4 is 50.9 Å². The summed E-state index contributed by atoms with van der Waals surface area (Å²) in [6, 6.07) is -1.20. The number of likely N-dealkylation sites (tertiary alicyclic amines) is 1. The average molecular weight is 699 g/mol. The highest BCUT2D eigenvalue weighted by Crippen LogP contribution is 2.34. The van der Waals surface area contributed by atoms with E-state index in [9.17, 15) is 32.4 Å². The van der Waals surface area contributed by atoms with Crippen molar-refractivity contribution in [3.05, 3.63) is 17.5 Å². The summed E-state index contributed by atoms with van der Waals surface area (Å²) in [5, 5.41) is 10.1. The zero-order valence-electron chi connectivity index (χ0n) is 29.4. The number of sulfonamides is 1. The molecule has 2 heterocycles. The molecule has 1 aromatic rings. The SMILES string of the molecule is CCCC(NC(=O)[C@@H]1[C@@H](C(C)C)CCN1C(=O)[C@@H](NC(=O)N[C@H](CN(C)S(=O)(=O)c1cccs1)C(C)(C)C)C(C)(C)C)C(=O)C(N)=O. The molecule has 2 rings (SSSR count). The van der Waals surface area contributed by atoms with Gasteiger partial charge in [0.2, 0.25) is 17.6 Å². The largest absolute Gasteiger partial charge is 0.363 e. The normalized spacial score (nSPS) is 19.3. The maximum absolute atomic E-state index is 14.3. The highest BCUT2D eigenvalue weighted by Gasteiger charge is 2.48. The van der Waals surface area contributed by atoms with Crippen molar-refractivity contribution in [2.45, 2.75) is 110 Å². The minimum Gasteiger partial charge on any atom is -0.363 e. The van der Waals surface area contributed by atoms with Crippen molar-refractivity contribution in [2.24, 2.45) is 28.4 Å². The Balaban J connectivity index is 2.34. The Labute approximate surface area is 283 Å². The van der Waals surface area contributed by atoms with Gasteiger partial charge >= 0.3 is 6.03 Å². The summed E-state index contributed by atoms with van der Waals surface area (Å²) < 4.78 is 27.6. The molecule has 1 fully saturated rings. The number of rotatable bonds is 14. The zero-order valence-corrected chi connectivity index (χ0v) is 31.0. The third-order valence-corrected chi connectivity index (χ3v) is 11.8. The van der Waals surface area contributed by atoms with Crippen LogP contribution in [0.4, 0.5) is 4.79 Å². The summed E-state index contributed by atoms with van der Waals surface area (Å²) in [7, 11) is -2.31. The van der Waals surface area contributed by atoms with E-state index in [1.165, 1.54) is 22.3 Å².